The molecule has 0 aliphatic carbocycles. The van der Waals surface area contributed by atoms with E-state index in [1.165, 1.54) is 4.88 Å². The van der Waals surface area contributed by atoms with Crippen LogP contribution in [0.4, 0.5) is 5.82 Å². The highest BCUT2D eigenvalue weighted by molar-refractivity contribution is 7.09. The quantitative estimate of drug-likeness (QED) is 0.655. The molecule has 2 heterocycles. The van der Waals surface area contributed by atoms with Gasteiger partial charge in [0.15, 0.2) is 0 Å². The molecule has 2 aromatic rings. The fraction of sp³-hybridized carbons (Fsp3) is 0.333. The van der Waals surface area contributed by atoms with Crippen molar-refractivity contribution in [2.24, 2.45) is 5.84 Å². The summed E-state index contributed by atoms with van der Waals surface area (Å²) < 4.78 is 0. The zero-order valence-electron chi connectivity index (χ0n) is 10.9. The minimum atomic E-state index is 0.613. The van der Waals surface area contributed by atoms with Crippen LogP contribution < -0.4 is 11.3 Å². The van der Waals surface area contributed by atoms with Crippen LogP contribution in [-0.2, 0) is 13.1 Å². The predicted octanol–water partition coefficient (Wildman–Crippen LogP) is 2.42. The maximum absolute atomic E-state index is 6.14. The smallest absolute Gasteiger partial charge is 0.140 e. The van der Waals surface area contributed by atoms with E-state index in [1.54, 1.807) is 23.5 Å². The number of aryl methyl sites for hydroxylation is 1. The molecule has 0 aliphatic heterocycles. The van der Waals surface area contributed by atoms with Crippen LogP contribution in [0.2, 0.25) is 5.02 Å². The second-order valence-electron chi connectivity index (χ2n) is 4.30. The van der Waals surface area contributed by atoms with Gasteiger partial charge in [-0.3, -0.25) is 4.90 Å². The van der Waals surface area contributed by atoms with Gasteiger partial charge in [0.2, 0.25) is 0 Å². The molecule has 0 fully saturated rings. The van der Waals surface area contributed by atoms with E-state index in [0.29, 0.717) is 17.4 Å². The molecule has 102 valence electrons. The summed E-state index contributed by atoms with van der Waals surface area (Å²) in [5, 5.41) is 0.645. The summed E-state index contributed by atoms with van der Waals surface area (Å²) >= 11 is 7.80. The molecule has 19 heavy (non-hydrogen) atoms. The summed E-state index contributed by atoms with van der Waals surface area (Å²) in [6.07, 6.45) is 0. The zero-order valence-corrected chi connectivity index (χ0v) is 12.4. The van der Waals surface area contributed by atoms with Crippen molar-refractivity contribution in [3.05, 3.63) is 38.9 Å². The third-order valence-electron chi connectivity index (χ3n) is 2.74. The van der Waals surface area contributed by atoms with Crippen molar-refractivity contribution >= 4 is 28.8 Å². The standard InChI is InChI=1S/C12H16ClN5S/c1-8-11(19-7-15-8)6-18(2)5-10-9(13)3-4-12(16-10)17-14/h3-4,7H,5-6,14H2,1-2H3,(H,16,17). The van der Waals surface area contributed by atoms with Gasteiger partial charge in [-0.05, 0) is 26.1 Å². The van der Waals surface area contributed by atoms with Crippen LogP contribution in [0.5, 0.6) is 0 Å². The summed E-state index contributed by atoms with van der Waals surface area (Å²) in [5.74, 6) is 5.97. The van der Waals surface area contributed by atoms with Gasteiger partial charge in [-0.25, -0.2) is 15.8 Å². The molecule has 0 spiro atoms. The molecule has 0 radical (unpaired) electrons. The molecule has 0 aromatic carbocycles. The summed E-state index contributed by atoms with van der Waals surface area (Å²) in [6, 6.07) is 3.55. The number of rotatable bonds is 5. The molecular weight excluding hydrogens is 282 g/mol. The van der Waals surface area contributed by atoms with Gasteiger partial charge in [0.25, 0.3) is 0 Å². The third-order valence-corrected chi connectivity index (χ3v) is 4.01. The number of nitrogens with one attached hydrogen (secondary N) is 1. The van der Waals surface area contributed by atoms with E-state index in [4.69, 9.17) is 17.4 Å². The van der Waals surface area contributed by atoms with Crippen molar-refractivity contribution in [1.82, 2.24) is 14.9 Å². The predicted molar refractivity (Wildman–Crippen MR) is 79.1 cm³/mol. The number of thiazole rings is 1. The molecule has 0 saturated carbocycles. The third kappa shape index (κ3) is 3.63. The molecule has 3 N–H and O–H groups in total. The molecule has 0 amide bonds. The minimum absolute atomic E-state index is 0.613. The van der Waals surface area contributed by atoms with Crippen molar-refractivity contribution in [2.45, 2.75) is 20.0 Å². The molecule has 0 unspecified atom stereocenters. The first-order valence-corrected chi connectivity index (χ1v) is 7.05. The van der Waals surface area contributed by atoms with Crippen molar-refractivity contribution in [1.29, 1.82) is 0 Å². The van der Waals surface area contributed by atoms with Gasteiger partial charge >= 0.3 is 0 Å². The largest absolute Gasteiger partial charge is 0.308 e. The lowest BCUT2D eigenvalue weighted by Gasteiger charge is -2.16. The average molecular weight is 298 g/mol. The zero-order chi connectivity index (χ0) is 13.8. The number of nitrogen functional groups attached to an aromatic ring is 1. The number of hydrogen-bond acceptors (Lipinski definition) is 6. The van der Waals surface area contributed by atoms with E-state index in [-0.39, 0.29) is 0 Å². The van der Waals surface area contributed by atoms with Gasteiger partial charge < -0.3 is 5.43 Å². The van der Waals surface area contributed by atoms with Gasteiger partial charge in [0, 0.05) is 18.0 Å². The average Bonchev–Trinajstić information content (AvgIpc) is 2.78. The number of hydrogen-bond donors (Lipinski definition) is 2. The van der Waals surface area contributed by atoms with Crippen LogP contribution in [0.3, 0.4) is 0 Å². The lowest BCUT2D eigenvalue weighted by atomic mass is 10.3. The Morgan fingerprint density at radius 2 is 2.21 bits per heavy atom. The molecule has 0 aliphatic rings. The number of halogens is 1. The number of anilines is 1. The number of aromatic nitrogens is 2. The maximum Gasteiger partial charge on any atom is 0.140 e. The second kappa shape index (κ2) is 6.29. The topological polar surface area (TPSA) is 67.1 Å². The molecule has 0 bridgehead atoms. The van der Waals surface area contributed by atoms with Crippen molar-refractivity contribution in [3.63, 3.8) is 0 Å². The lowest BCUT2D eigenvalue weighted by Crippen LogP contribution is -2.19. The molecule has 5 nitrogen and oxygen atoms in total. The second-order valence-corrected chi connectivity index (χ2v) is 5.65. The highest BCUT2D eigenvalue weighted by atomic mass is 35.5. The Hall–Kier alpha value is -1.21. The normalized spacial score (nSPS) is 11.0. The Kier molecular flexibility index (Phi) is 4.71. The van der Waals surface area contributed by atoms with Gasteiger partial charge in [-0.2, -0.15) is 0 Å². The fourth-order valence-electron chi connectivity index (χ4n) is 1.71. The summed E-state index contributed by atoms with van der Waals surface area (Å²) in [4.78, 5) is 12.0. The van der Waals surface area contributed by atoms with Crippen LogP contribution in [0.25, 0.3) is 0 Å². The fourth-order valence-corrected chi connectivity index (χ4v) is 2.73. The number of nitrogens with zero attached hydrogens (tertiary/aromatic N) is 3. The van der Waals surface area contributed by atoms with E-state index in [9.17, 15) is 0 Å². The van der Waals surface area contributed by atoms with Crippen molar-refractivity contribution in [2.75, 3.05) is 12.5 Å². The van der Waals surface area contributed by atoms with E-state index >= 15 is 0 Å². The lowest BCUT2D eigenvalue weighted by molar-refractivity contribution is 0.317. The van der Waals surface area contributed by atoms with Crippen molar-refractivity contribution < 1.29 is 0 Å². The van der Waals surface area contributed by atoms with Crippen LogP contribution in [0, 0.1) is 6.92 Å². The Morgan fingerprint density at radius 3 is 2.84 bits per heavy atom. The number of nitrogens with two attached hydrogens (primary N) is 1. The van der Waals surface area contributed by atoms with E-state index < -0.39 is 0 Å². The first-order chi connectivity index (χ1) is 9.10. The Morgan fingerprint density at radius 1 is 1.42 bits per heavy atom. The van der Waals surface area contributed by atoms with Crippen LogP contribution in [0.15, 0.2) is 17.6 Å². The summed E-state index contributed by atoms with van der Waals surface area (Å²) in [5.41, 5.74) is 6.27. The summed E-state index contributed by atoms with van der Waals surface area (Å²) in [6.45, 7) is 3.50. The molecular formula is C12H16ClN5S. The Labute approximate surface area is 121 Å². The molecule has 0 atom stereocenters. The van der Waals surface area contributed by atoms with Crippen LogP contribution >= 0.6 is 22.9 Å². The van der Waals surface area contributed by atoms with E-state index in [1.807, 2.05) is 19.5 Å². The van der Waals surface area contributed by atoms with Gasteiger partial charge in [0.05, 0.1) is 21.9 Å². The van der Waals surface area contributed by atoms with Crippen molar-refractivity contribution in [3.8, 4) is 0 Å². The number of hydrazine groups is 1. The Bertz CT molecular complexity index is 557. The van der Waals surface area contributed by atoms with E-state index in [0.717, 1.165) is 17.9 Å². The maximum atomic E-state index is 6.14. The minimum Gasteiger partial charge on any atom is -0.308 e. The van der Waals surface area contributed by atoms with Gasteiger partial charge in [-0.15, -0.1) is 11.3 Å². The van der Waals surface area contributed by atoms with Gasteiger partial charge in [-0.1, -0.05) is 11.6 Å². The van der Waals surface area contributed by atoms with Crippen LogP contribution in [-0.4, -0.2) is 21.9 Å². The van der Waals surface area contributed by atoms with E-state index in [2.05, 4.69) is 20.3 Å². The number of pyridine rings is 1. The molecule has 2 aromatic heterocycles. The van der Waals surface area contributed by atoms with Gasteiger partial charge in [0.1, 0.15) is 5.82 Å². The highest BCUT2D eigenvalue weighted by Gasteiger charge is 2.10. The molecule has 2 rings (SSSR count). The first-order valence-electron chi connectivity index (χ1n) is 5.79. The molecule has 0 saturated heterocycles. The highest BCUT2D eigenvalue weighted by Crippen LogP contribution is 2.20. The Balaban J connectivity index is 2.06. The first kappa shape index (κ1) is 14.2. The SMILES string of the molecule is Cc1ncsc1CN(C)Cc1nc(NN)ccc1Cl. The molecule has 7 heteroatoms. The summed E-state index contributed by atoms with van der Waals surface area (Å²) in [7, 11) is 2.03. The monoisotopic (exact) mass is 297 g/mol. The van der Waals surface area contributed by atoms with Crippen LogP contribution in [0.1, 0.15) is 16.3 Å².